The third kappa shape index (κ3) is 4.46. The van der Waals surface area contributed by atoms with Crippen LogP contribution >= 0.6 is 31.9 Å². The summed E-state index contributed by atoms with van der Waals surface area (Å²) < 4.78 is 7.68. The number of amides is 1. The van der Waals surface area contributed by atoms with Gasteiger partial charge in [0.2, 0.25) is 0 Å². The third-order valence-electron chi connectivity index (χ3n) is 3.55. The molecule has 25 heavy (non-hydrogen) atoms. The summed E-state index contributed by atoms with van der Waals surface area (Å²) in [5.74, 6) is 1.02. The van der Waals surface area contributed by atoms with Crippen LogP contribution in [0.3, 0.4) is 0 Å². The SMILES string of the molecule is Cc1ccc(-c2ccc(/C=N\NC(=O)c3ccc(Br)cc3)o2)cc1Br. The van der Waals surface area contributed by atoms with Gasteiger partial charge in [-0.2, -0.15) is 5.10 Å². The van der Waals surface area contributed by atoms with E-state index in [0.717, 1.165) is 25.8 Å². The summed E-state index contributed by atoms with van der Waals surface area (Å²) >= 11 is 6.85. The highest BCUT2D eigenvalue weighted by molar-refractivity contribution is 9.10. The summed E-state index contributed by atoms with van der Waals surface area (Å²) in [4.78, 5) is 12.0. The summed E-state index contributed by atoms with van der Waals surface area (Å²) in [6.45, 7) is 2.03. The molecule has 0 radical (unpaired) electrons. The number of nitrogens with zero attached hydrogens (tertiary/aromatic N) is 1. The number of nitrogens with one attached hydrogen (secondary N) is 1. The Kier molecular flexibility index (Phi) is 5.50. The number of aryl methyl sites for hydroxylation is 1. The van der Waals surface area contributed by atoms with Crippen molar-refractivity contribution in [1.82, 2.24) is 5.43 Å². The van der Waals surface area contributed by atoms with Gasteiger partial charge >= 0.3 is 0 Å². The van der Waals surface area contributed by atoms with E-state index in [1.54, 1.807) is 30.3 Å². The van der Waals surface area contributed by atoms with Crippen LogP contribution in [0.5, 0.6) is 0 Å². The molecule has 1 amide bonds. The zero-order valence-electron chi connectivity index (χ0n) is 13.3. The van der Waals surface area contributed by atoms with Crippen LogP contribution in [-0.2, 0) is 0 Å². The van der Waals surface area contributed by atoms with Crippen LogP contribution in [0, 0.1) is 6.92 Å². The minimum absolute atomic E-state index is 0.280. The first-order chi connectivity index (χ1) is 12.0. The zero-order valence-corrected chi connectivity index (χ0v) is 16.5. The van der Waals surface area contributed by atoms with Crippen molar-refractivity contribution in [2.24, 2.45) is 5.10 Å². The highest BCUT2D eigenvalue weighted by Gasteiger charge is 2.06. The van der Waals surface area contributed by atoms with Crippen molar-refractivity contribution in [3.63, 3.8) is 0 Å². The molecule has 1 N–H and O–H groups in total. The lowest BCUT2D eigenvalue weighted by Crippen LogP contribution is -2.17. The molecule has 6 heteroatoms. The van der Waals surface area contributed by atoms with Crippen LogP contribution in [-0.4, -0.2) is 12.1 Å². The molecule has 2 aromatic carbocycles. The number of carbonyl (C=O) groups excluding carboxylic acids is 1. The molecule has 1 aromatic heterocycles. The Morgan fingerprint density at radius 3 is 2.56 bits per heavy atom. The van der Waals surface area contributed by atoms with Crippen LogP contribution in [0.1, 0.15) is 21.7 Å². The molecule has 126 valence electrons. The molecule has 0 atom stereocenters. The first kappa shape index (κ1) is 17.6. The lowest BCUT2D eigenvalue weighted by molar-refractivity contribution is 0.0955. The Labute approximate surface area is 162 Å². The van der Waals surface area contributed by atoms with E-state index in [2.05, 4.69) is 42.4 Å². The van der Waals surface area contributed by atoms with Gasteiger partial charge in [-0.15, -0.1) is 0 Å². The quantitative estimate of drug-likeness (QED) is 0.409. The lowest BCUT2D eigenvalue weighted by atomic mass is 10.1. The number of hydrazone groups is 1. The average molecular weight is 462 g/mol. The van der Waals surface area contributed by atoms with Gasteiger partial charge in [0.25, 0.3) is 5.91 Å². The molecule has 0 fully saturated rings. The molecule has 0 aliphatic heterocycles. The van der Waals surface area contributed by atoms with Gasteiger partial charge in [0.1, 0.15) is 11.5 Å². The maximum atomic E-state index is 12.0. The molecule has 0 aliphatic carbocycles. The second-order valence-electron chi connectivity index (χ2n) is 5.37. The van der Waals surface area contributed by atoms with Gasteiger partial charge in [-0.05, 0) is 55.0 Å². The number of benzene rings is 2. The second-order valence-corrected chi connectivity index (χ2v) is 7.14. The minimum atomic E-state index is -0.280. The summed E-state index contributed by atoms with van der Waals surface area (Å²) in [5.41, 5.74) is 5.14. The molecular weight excluding hydrogens is 448 g/mol. The minimum Gasteiger partial charge on any atom is -0.455 e. The van der Waals surface area contributed by atoms with Gasteiger partial charge in [0, 0.05) is 20.1 Å². The van der Waals surface area contributed by atoms with Crippen molar-refractivity contribution < 1.29 is 9.21 Å². The molecule has 0 saturated carbocycles. The molecule has 4 nitrogen and oxygen atoms in total. The molecule has 0 bridgehead atoms. The Morgan fingerprint density at radius 1 is 1.08 bits per heavy atom. The maximum Gasteiger partial charge on any atom is 0.271 e. The summed E-state index contributed by atoms with van der Waals surface area (Å²) in [7, 11) is 0. The first-order valence-electron chi connectivity index (χ1n) is 7.48. The van der Waals surface area contributed by atoms with E-state index in [1.165, 1.54) is 6.21 Å². The largest absolute Gasteiger partial charge is 0.455 e. The first-order valence-corrected chi connectivity index (χ1v) is 9.07. The van der Waals surface area contributed by atoms with Gasteiger partial charge in [-0.25, -0.2) is 5.43 Å². The predicted octanol–water partition coefficient (Wildman–Crippen LogP) is 5.54. The smallest absolute Gasteiger partial charge is 0.271 e. The monoisotopic (exact) mass is 460 g/mol. The second kappa shape index (κ2) is 7.80. The van der Waals surface area contributed by atoms with E-state index in [4.69, 9.17) is 4.42 Å². The third-order valence-corrected chi connectivity index (χ3v) is 4.93. The van der Waals surface area contributed by atoms with E-state index in [-0.39, 0.29) is 5.91 Å². The van der Waals surface area contributed by atoms with Crippen LogP contribution in [0.2, 0.25) is 0 Å². The summed E-state index contributed by atoms with van der Waals surface area (Å²) in [6, 6.07) is 16.7. The number of carbonyl (C=O) groups is 1. The summed E-state index contributed by atoms with van der Waals surface area (Å²) in [6.07, 6.45) is 1.48. The molecule has 1 heterocycles. The maximum absolute atomic E-state index is 12.0. The fourth-order valence-electron chi connectivity index (χ4n) is 2.14. The van der Waals surface area contributed by atoms with Gasteiger partial charge in [-0.3, -0.25) is 4.79 Å². The van der Waals surface area contributed by atoms with E-state index in [0.29, 0.717) is 11.3 Å². The number of hydrogen-bond donors (Lipinski definition) is 1. The van der Waals surface area contributed by atoms with E-state index >= 15 is 0 Å². The molecule has 3 rings (SSSR count). The van der Waals surface area contributed by atoms with Gasteiger partial charge in [0.05, 0.1) is 6.21 Å². The van der Waals surface area contributed by atoms with E-state index < -0.39 is 0 Å². The number of halogens is 2. The van der Waals surface area contributed by atoms with Crippen molar-refractivity contribution in [2.75, 3.05) is 0 Å². The molecule has 0 aliphatic rings. The fourth-order valence-corrected chi connectivity index (χ4v) is 2.79. The normalized spacial score (nSPS) is 11.0. The van der Waals surface area contributed by atoms with Crippen LogP contribution in [0.15, 0.2) is 73.1 Å². The molecule has 0 unspecified atom stereocenters. The topological polar surface area (TPSA) is 54.6 Å². The lowest BCUT2D eigenvalue weighted by Gasteiger charge is -2.01. The zero-order chi connectivity index (χ0) is 17.8. The Balaban J connectivity index is 1.66. The van der Waals surface area contributed by atoms with Crippen molar-refractivity contribution in [3.05, 3.63) is 80.4 Å². The van der Waals surface area contributed by atoms with Crippen molar-refractivity contribution in [1.29, 1.82) is 0 Å². The molecular formula is C19H14Br2N2O2. The van der Waals surface area contributed by atoms with E-state index in [9.17, 15) is 4.79 Å². The fraction of sp³-hybridized carbons (Fsp3) is 0.0526. The molecule has 0 saturated heterocycles. The van der Waals surface area contributed by atoms with Crippen molar-refractivity contribution in [2.45, 2.75) is 6.92 Å². The predicted molar refractivity (Wildman–Crippen MR) is 106 cm³/mol. The van der Waals surface area contributed by atoms with Gasteiger partial charge < -0.3 is 4.42 Å². The Hall–Kier alpha value is -2.18. The molecule has 0 spiro atoms. The van der Waals surface area contributed by atoms with Crippen LogP contribution in [0.4, 0.5) is 0 Å². The highest BCUT2D eigenvalue weighted by atomic mass is 79.9. The standard InChI is InChI=1S/C19H14Br2N2O2/c1-12-2-3-14(10-17(12)21)18-9-8-16(25-18)11-22-23-19(24)13-4-6-15(20)7-5-13/h2-11H,1H3,(H,23,24)/b22-11-. The Morgan fingerprint density at radius 2 is 1.84 bits per heavy atom. The van der Waals surface area contributed by atoms with Crippen LogP contribution < -0.4 is 5.43 Å². The average Bonchev–Trinajstić information content (AvgIpc) is 3.07. The number of hydrogen-bond acceptors (Lipinski definition) is 3. The highest BCUT2D eigenvalue weighted by Crippen LogP contribution is 2.26. The number of furan rings is 1. The van der Waals surface area contributed by atoms with Gasteiger partial charge in [-0.1, -0.05) is 44.0 Å². The van der Waals surface area contributed by atoms with Gasteiger partial charge in [0.15, 0.2) is 0 Å². The Bertz CT molecular complexity index is 931. The number of rotatable bonds is 4. The van der Waals surface area contributed by atoms with Crippen molar-refractivity contribution in [3.8, 4) is 11.3 Å². The van der Waals surface area contributed by atoms with Crippen molar-refractivity contribution >= 4 is 44.0 Å². The molecule has 3 aromatic rings. The van der Waals surface area contributed by atoms with Crippen LogP contribution in [0.25, 0.3) is 11.3 Å². The van der Waals surface area contributed by atoms with E-state index in [1.807, 2.05) is 31.2 Å². The summed E-state index contributed by atoms with van der Waals surface area (Å²) in [5, 5.41) is 3.94.